The molecule has 5 heteroatoms. The van der Waals surface area contributed by atoms with Crippen LogP contribution in [0.25, 0.3) is 0 Å². The molecule has 0 saturated carbocycles. The summed E-state index contributed by atoms with van der Waals surface area (Å²) in [5, 5.41) is 7.60. The molecule has 3 N–H and O–H groups in total. The summed E-state index contributed by atoms with van der Waals surface area (Å²) >= 11 is 1.72. The lowest BCUT2D eigenvalue weighted by molar-refractivity contribution is 0.172. The lowest BCUT2D eigenvalue weighted by Gasteiger charge is -2.20. The fourth-order valence-corrected chi connectivity index (χ4v) is 2.74. The number of anilines is 2. The van der Waals surface area contributed by atoms with Gasteiger partial charge in [-0.05, 0) is 28.8 Å². The molecule has 0 fully saturated rings. The average molecular weight is 276 g/mol. The van der Waals surface area contributed by atoms with Gasteiger partial charge in [0, 0.05) is 18.7 Å². The maximum Gasteiger partial charge on any atom is 0.163 e. The number of rotatable bonds is 4. The van der Waals surface area contributed by atoms with Crippen LogP contribution >= 0.6 is 11.3 Å². The largest absolute Gasteiger partial charge is 0.486 e. The lowest BCUT2D eigenvalue weighted by atomic mass is 10.2. The number of hydrogen-bond donors (Lipinski definition) is 2. The Morgan fingerprint density at radius 1 is 1.21 bits per heavy atom. The summed E-state index contributed by atoms with van der Waals surface area (Å²) in [4.78, 5) is 0. The molecular weight excluding hydrogens is 260 g/mol. The van der Waals surface area contributed by atoms with Crippen LogP contribution in [0.15, 0.2) is 29.0 Å². The third-order valence-electron chi connectivity index (χ3n) is 3.02. The van der Waals surface area contributed by atoms with Crippen molar-refractivity contribution in [1.82, 2.24) is 0 Å². The van der Waals surface area contributed by atoms with Crippen LogP contribution in [0.4, 0.5) is 11.4 Å². The summed E-state index contributed by atoms with van der Waals surface area (Å²) < 4.78 is 11.0. The SMILES string of the molecule is Nc1cc2c(cc1NCCc1ccsc1)OCCO2. The van der Waals surface area contributed by atoms with Gasteiger partial charge >= 0.3 is 0 Å². The number of fused-ring (bicyclic) bond motifs is 1. The Hall–Kier alpha value is -1.88. The van der Waals surface area contributed by atoms with Gasteiger partial charge in [0.05, 0.1) is 11.4 Å². The molecule has 0 spiro atoms. The summed E-state index contributed by atoms with van der Waals surface area (Å²) in [7, 11) is 0. The monoisotopic (exact) mass is 276 g/mol. The fourth-order valence-electron chi connectivity index (χ4n) is 2.03. The molecule has 19 heavy (non-hydrogen) atoms. The minimum atomic E-state index is 0.581. The topological polar surface area (TPSA) is 56.5 Å². The summed E-state index contributed by atoms with van der Waals surface area (Å²) in [6, 6.07) is 5.87. The predicted octanol–water partition coefficient (Wildman–Crippen LogP) is 2.76. The lowest BCUT2D eigenvalue weighted by Crippen LogP contribution is -2.16. The van der Waals surface area contributed by atoms with Crippen molar-refractivity contribution in [1.29, 1.82) is 0 Å². The zero-order valence-electron chi connectivity index (χ0n) is 10.5. The van der Waals surface area contributed by atoms with Gasteiger partial charge in [-0.25, -0.2) is 0 Å². The van der Waals surface area contributed by atoms with E-state index in [1.54, 1.807) is 11.3 Å². The van der Waals surface area contributed by atoms with Crippen LogP contribution in [0.1, 0.15) is 5.56 Å². The number of hydrogen-bond acceptors (Lipinski definition) is 5. The molecule has 0 radical (unpaired) electrons. The van der Waals surface area contributed by atoms with Crippen molar-refractivity contribution in [2.45, 2.75) is 6.42 Å². The normalized spacial score (nSPS) is 13.3. The molecule has 1 aliphatic rings. The quantitative estimate of drug-likeness (QED) is 0.843. The molecular formula is C14H16N2O2S. The van der Waals surface area contributed by atoms with Gasteiger partial charge in [0.1, 0.15) is 13.2 Å². The van der Waals surface area contributed by atoms with Crippen LogP contribution in [0.2, 0.25) is 0 Å². The molecule has 4 nitrogen and oxygen atoms in total. The molecule has 1 aromatic heterocycles. The molecule has 0 aliphatic carbocycles. The molecule has 2 heterocycles. The second-order valence-electron chi connectivity index (χ2n) is 4.39. The molecule has 100 valence electrons. The Labute approximate surface area is 116 Å². The van der Waals surface area contributed by atoms with Crippen molar-refractivity contribution in [2.24, 2.45) is 0 Å². The molecule has 2 aromatic rings. The Bertz CT molecular complexity index is 555. The van der Waals surface area contributed by atoms with Crippen LogP contribution in [0.5, 0.6) is 11.5 Å². The van der Waals surface area contributed by atoms with Crippen molar-refractivity contribution in [3.8, 4) is 11.5 Å². The first-order valence-electron chi connectivity index (χ1n) is 6.27. The van der Waals surface area contributed by atoms with Crippen LogP contribution < -0.4 is 20.5 Å². The van der Waals surface area contributed by atoms with E-state index in [4.69, 9.17) is 15.2 Å². The van der Waals surface area contributed by atoms with Gasteiger partial charge in [0.2, 0.25) is 0 Å². The highest BCUT2D eigenvalue weighted by atomic mass is 32.1. The third kappa shape index (κ3) is 2.76. The Balaban J connectivity index is 1.67. The van der Waals surface area contributed by atoms with E-state index in [-0.39, 0.29) is 0 Å². The van der Waals surface area contributed by atoms with Gasteiger partial charge in [-0.3, -0.25) is 0 Å². The molecule has 3 rings (SSSR count). The number of ether oxygens (including phenoxy) is 2. The molecule has 1 aliphatic heterocycles. The van der Waals surface area contributed by atoms with Gasteiger partial charge in [0.25, 0.3) is 0 Å². The van der Waals surface area contributed by atoms with Crippen molar-refractivity contribution >= 4 is 22.7 Å². The summed E-state index contributed by atoms with van der Waals surface area (Å²) in [6.45, 7) is 2.02. The first kappa shape index (κ1) is 12.2. The van der Waals surface area contributed by atoms with Crippen molar-refractivity contribution in [2.75, 3.05) is 30.8 Å². The van der Waals surface area contributed by atoms with Crippen molar-refractivity contribution in [3.05, 3.63) is 34.5 Å². The molecule has 1 aromatic carbocycles. The minimum Gasteiger partial charge on any atom is -0.486 e. The molecule has 0 unspecified atom stereocenters. The first-order chi connectivity index (χ1) is 9.33. The van der Waals surface area contributed by atoms with E-state index >= 15 is 0 Å². The maximum atomic E-state index is 6.01. The molecule has 0 saturated heterocycles. The standard InChI is InChI=1S/C14H16N2O2S/c15-11-7-13-14(18-5-4-17-13)8-12(11)16-3-1-10-2-6-19-9-10/h2,6-9,16H,1,3-5,15H2. The van der Waals surface area contributed by atoms with Crippen LogP contribution in [-0.2, 0) is 6.42 Å². The van der Waals surface area contributed by atoms with Crippen LogP contribution in [0.3, 0.4) is 0 Å². The summed E-state index contributed by atoms with van der Waals surface area (Å²) in [6.07, 6.45) is 0.984. The highest BCUT2D eigenvalue weighted by molar-refractivity contribution is 7.07. The predicted molar refractivity (Wildman–Crippen MR) is 78.4 cm³/mol. The van der Waals surface area contributed by atoms with Gasteiger partial charge in [0.15, 0.2) is 11.5 Å². The second kappa shape index (κ2) is 5.40. The van der Waals surface area contributed by atoms with Crippen molar-refractivity contribution in [3.63, 3.8) is 0 Å². The van der Waals surface area contributed by atoms with E-state index in [2.05, 4.69) is 22.1 Å². The summed E-state index contributed by atoms with van der Waals surface area (Å²) in [5.74, 6) is 1.49. The average Bonchev–Trinajstić information content (AvgIpc) is 2.92. The van der Waals surface area contributed by atoms with E-state index in [1.807, 2.05) is 12.1 Å². The van der Waals surface area contributed by atoms with E-state index in [0.717, 1.165) is 30.2 Å². The highest BCUT2D eigenvalue weighted by Crippen LogP contribution is 2.36. The van der Waals surface area contributed by atoms with Crippen molar-refractivity contribution < 1.29 is 9.47 Å². The summed E-state index contributed by atoms with van der Waals surface area (Å²) in [5.41, 5.74) is 8.94. The molecule has 0 amide bonds. The zero-order valence-corrected chi connectivity index (χ0v) is 11.3. The number of thiophene rings is 1. The molecule has 0 atom stereocenters. The van der Waals surface area contributed by atoms with E-state index in [1.165, 1.54) is 5.56 Å². The van der Waals surface area contributed by atoms with E-state index < -0.39 is 0 Å². The minimum absolute atomic E-state index is 0.581. The van der Waals surface area contributed by atoms with Gasteiger partial charge in [-0.1, -0.05) is 0 Å². The molecule has 0 bridgehead atoms. The van der Waals surface area contributed by atoms with Gasteiger partial charge in [-0.2, -0.15) is 11.3 Å². The highest BCUT2D eigenvalue weighted by Gasteiger charge is 2.14. The number of nitrogen functional groups attached to an aromatic ring is 1. The number of nitrogens with one attached hydrogen (secondary N) is 1. The van der Waals surface area contributed by atoms with Crippen LogP contribution in [0, 0.1) is 0 Å². The third-order valence-corrected chi connectivity index (χ3v) is 3.76. The van der Waals surface area contributed by atoms with Gasteiger partial charge < -0.3 is 20.5 Å². The van der Waals surface area contributed by atoms with Crippen LogP contribution in [-0.4, -0.2) is 19.8 Å². The van der Waals surface area contributed by atoms with E-state index in [9.17, 15) is 0 Å². The number of benzene rings is 1. The fraction of sp³-hybridized carbons (Fsp3) is 0.286. The number of nitrogens with two attached hydrogens (primary N) is 1. The smallest absolute Gasteiger partial charge is 0.163 e. The Morgan fingerprint density at radius 2 is 2.00 bits per heavy atom. The first-order valence-corrected chi connectivity index (χ1v) is 7.21. The Morgan fingerprint density at radius 3 is 2.74 bits per heavy atom. The maximum absolute atomic E-state index is 6.01. The Kier molecular flexibility index (Phi) is 3.46. The zero-order chi connectivity index (χ0) is 13.1. The van der Waals surface area contributed by atoms with E-state index in [0.29, 0.717) is 18.9 Å². The van der Waals surface area contributed by atoms with Gasteiger partial charge in [-0.15, -0.1) is 0 Å². The second-order valence-corrected chi connectivity index (χ2v) is 5.17.